The first-order chi connectivity index (χ1) is 10.4. The number of hydrogen-bond donors (Lipinski definition) is 2. The minimum Gasteiger partial charge on any atom is -0.356 e. The fourth-order valence-electron chi connectivity index (χ4n) is 2.58. The highest BCUT2D eigenvalue weighted by Crippen LogP contribution is 2.19. The molecule has 1 rings (SSSR count). The molecule has 0 spiro atoms. The molecule has 1 aliphatic rings. The first-order valence-corrected chi connectivity index (χ1v) is 9.45. The van der Waals surface area contributed by atoms with Crippen LogP contribution in [0.5, 0.6) is 0 Å². The van der Waals surface area contributed by atoms with Crippen LogP contribution in [-0.4, -0.2) is 60.5 Å². The highest BCUT2D eigenvalue weighted by Gasteiger charge is 2.26. The van der Waals surface area contributed by atoms with E-state index in [-0.39, 0.29) is 28.7 Å². The van der Waals surface area contributed by atoms with Crippen molar-refractivity contribution in [1.82, 2.24) is 15.5 Å². The second-order valence-corrected chi connectivity index (χ2v) is 7.87. The number of aliphatic imine (C=N–C) groups is 1. The Labute approximate surface area is 162 Å². The molecule has 1 unspecified atom stereocenters. The van der Waals surface area contributed by atoms with Gasteiger partial charge in [-0.1, -0.05) is 6.92 Å². The lowest BCUT2D eigenvalue weighted by atomic mass is 10.1. The molecule has 2 N–H and O–H groups in total. The van der Waals surface area contributed by atoms with Crippen molar-refractivity contribution in [1.29, 1.82) is 0 Å². The molecule has 1 amide bonds. The van der Waals surface area contributed by atoms with Crippen LogP contribution < -0.4 is 10.6 Å². The minimum atomic E-state index is 0. The van der Waals surface area contributed by atoms with Gasteiger partial charge in [0.25, 0.3) is 0 Å². The third-order valence-corrected chi connectivity index (χ3v) is 5.50. The molecular weight excluding hydrogens is 423 g/mol. The van der Waals surface area contributed by atoms with Gasteiger partial charge in [-0.05, 0) is 39.4 Å². The van der Waals surface area contributed by atoms with E-state index in [9.17, 15) is 4.79 Å². The standard InChI is InChI=1S/C16H32N4OS.HI/c1-6-13(20-11-7-8-14(20)21)9-10-18-15(17-4)19-12-16(2,3)22-5;/h13H,6-12H2,1-5H3,(H2,17,18,19);1H. The summed E-state index contributed by atoms with van der Waals surface area (Å²) in [7, 11) is 1.79. The van der Waals surface area contributed by atoms with E-state index in [4.69, 9.17) is 0 Å². The van der Waals surface area contributed by atoms with E-state index in [0.717, 1.165) is 51.3 Å². The molecule has 0 aliphatic carbocycles. The van der Waals surface area contributed by atoms with Crippen LogP contribution in [0.25, 0.3) is 0 Å². The number of rotatable bonds is 8. The van der Waals surface area contributed by atoms with Crippen LogP contribution in [-0.2, 0) is 4.79 Å². The summed E-state index contributed by atoms with van der Waals surface area (Å²) < 4.78 is 0.186. The highest BCUT2D eigenvalue weighted by atomic mass is 127. The molecule has 0 bridgehead atoms. The lowest BCUT2D eigenvalue weighted by Gasteiger charge is -2.27. The number of nitrogens with one attached hydrogen (secondary N) is 2. The van der Waals surface area contributed by atoms with E-state index in [2.05, 4.69) is 47.6 Å². The largest absolute Gasteiger partial charge is 0.356 e. The first-order valence-electron chi connectivity index (χ1n) is 8.22. The summed E-state index contributed by atoms with van der Waals surface area (Å²) in [5.74, 6) is 1.15. The maximum atomic E-state index is 11.8. The molecule has 1 fully saturated rings. The van der Waals surface area contributed by atoms with Crippen LogP contribution in [0.1, 0.15) is 46.5 Å². The molecule has 7 heteroatoms. The number of hydrogen-bond acceptors (Lipinski definition) is 3. The fourth-order valence-corrected chi connectivity index (χ4v) is 2.80. The van der Waals surface area contributed by atoms with Crippen molar-refractivity contribution in [2.45, 2.75) is 57.2 Å². The van der Waals surface area contributed by atoms with Crippen molar-refractivity contribution in [3.05, 3.63) is 0 Å². The van der Waals surface area contributed by atoms with Crippen molar-refractivity contribution < 1.29 is 4.79 Å². The molecule has 1 saturated heterocycles. The van der Waals surface area contributed by atoms with Crippen molar-refractivity contribution in [3.63, 3.8) is 0 Å². The zero-order valence-corrected chi connectivity index (χ0v) is 18.3. The predicted octanol–water partition coefficient (Wildman–Crippen LogP) is 2.70. The Morgan fingerprint density at radius 2 is 2.13 bits per heavy atom. The third kappa shape index (κ3) is 7.96. The molecule has 0 saturated carbocycles. The summed E-state index contributed by atoms with van der Waals surface area (Å²) in [5, 5.41) is 6.73. The Bertz CT molecular complexity index is 390. The number of halogens is 1. The van der Waals surface area contributed by atoms with Crippen LogP contribution in [0.15, 0.2) is 4.99 Å². The Kier molecular flexibility index (Phi) is 11.3. The molecule has 1 heterocycles. The van der Waals surface area contributed by atoms with Crippen molar-refractivity contribution in [3.8, 4) is 0 Å². The zero-order valence-electron chi connectivity index (χ0n) is 15.1. The molecule has 1 atom stereocenters. The number of thioether (sulfide) groups is 1. The van der Waals surface area contributed by atoms with Crippen molar-refractivity contribution in [2.24, 2.45) is 4.99 Å². The third-order valence-electron chi connectivity index (χ3n) is 4.25. The van der Waals surface area contributed by atoms with Crippen LogP contribution in [0.4, 0.5) is 0 Å². The van der Waals surface area contributed by atoms with Crippen molar-refractivity contribution in [2.75, 3.05) is 32.9 Å². The van der Waals surface area contributed by atoms with Gasteiger partial charge < -0.3 is 15.5 Å². The van der Waals surface area contributed by atoms with Gasteiger partial charge >= 0.3 is 0 Å². The van der Waals surface area contributed by atoms with Crippen LogP contribution in [0, 0.1) is 0 Å². The highest BCUT2D eigenvalue weighted by molar-refractivity contribution is 14.0. The van der Waals surface area contributed by atoms with Crippen LogP contribution >= 0.6 is 35.7 Å². The molecule has 23 heavy (non-hydrogen) atoms. The molecule has 136 valence electrons. The second-order valence-electron chi connectivity index (χ2n) is 6.36. The average molecular weight is 456 g/mol. The van der Waals surface area contributed by atoms with Gasteiger partial charge in [-0.2, -0.15) is 11.8 Å². The van der Waals surface area contributed by atoms with Gasteiger partial charge in [-0.3, -0.25) is 9.79 Å². The lowest BCUT2D eigenvalue weighted by molar-refractivity contribution is -0.129. The lowest BCUT2D eigenvalue weighted by Crippen LogP contribution is -2.45. The summed E-state index contributed by atoms with van der Waals surface area (Å²) in [6.07, 6.45) is 5.83. The predicted molar refractivity (Wildman–Crippen MR) is 112 cm³/mol. The van der Waals surface area contributed by atoms with E-state index in [1.54, 1.807) is 7.05 Å². The van der Waals surface area contributed by atoms with Gasteiger partial charge in [0, 0.05) is 43.9 Å². The van der Waals surface area contributed by atoms with E-state index in [1.807, 2.05) is 11.8 Å². The van der Waals surface area contributed by atoms with Crippen molar-refractivity contribution >= 4 is 47.6 Å². The molecule has 5 nitrogen and oxygen atoms in total. The summed E-state index contributed by atoms with van der Waals surface area (Å²) in [5.41, 5.74) is 0. The van der Waals surface area contributed by atoms with Gasteiger partial charge in [-0.25, -0.2) is 0 Å². The van der Waals surface area contributed by atoms with E-state index >= 15 is 0 Å². The number of guanidine groups is 1. The molecule has 0 radical (unpaired) electrons. The maximum absolute atomic E-state index is 11.8. The second kappa shape index (κ2) is 11.4. The average Bonchev–Trinajstić information content (AvgIpc) is 2.93. The Morgan fingerprint density at radius 3 is 2.61 bits per heavy atom. The number of carbonyl (C=O) groups is 1. The van der Waals surface area contributed by atoms with Gasteiger partial charge in [-0.15, -0.1) is 24.0 Å². The number of likely N-dealkylation sites (tertiary alicyclic amines) is 1. The minimum absolute atomic E-state index is 0. The summed E-state index contributed by atoms with van der Waals surface area (Å²) in [4.78, 5) is 18.2. The van der Waals surface area contributed by atoms with E-state index in [0.29, 0.717) is 11.9 Å². The van der Waals surface area contributed by atoms with Gasteiger partial charge in [0.05, 0.1) is 0 Å². The van der Waals surface area contributed by atoms with Crippen LogP contribution in [0.3, 0.4) is 0 Å². The van der Waals surface area contributed by atoms with Gasteiger partial charge in [0.2, 0.25) is 5.91 Å². The Balaban J connectivity index is 0.00000484. The molecular formula is C16H33IN4OS. The van der Waals surface area contributed by atoms with E-state index < -0.39 is 0 Å². The number of amides is 1. The normalized spacial score (nSPS) is 17.0. The molecule has 0 aromatic rings. The quantitative estimate of drug-likeness (QED) is 0.335. The number of carbonyl (C=O) groups excluding carboxylic acids is 1. The summed E-state index contributed by atoms with van der Waals surface area (Å²) in [6.45, 7) is 9.21. The van der Waals surface area contributed by atoms with Crippen LogP contribution in [0.2, 0.25) is 0 Å². The summed E-state index contributed by atoms with van der Waals surface area (Å²) in [6, 6.07) is 0.350. The zero-order chi connectivity index (χ0) is 16.6. The smallest absolute Gasteiger partial charge is 0.222 e. The number of nitrogens with zero attached hydrogens (tertiary/aromatic N) is 2. The topological polar surface area (TPSA) is 56.7 Å². The molecule has 0 aromatic carbocycles. The first kappa shape index (κ1) is 22.8. The Morgan fingerprint density at radius 1 is 1.43 bits per heavy atom. The summed E-state index contributed by atoms with van der Waals surface area (Å²) >= 11 is 1.84. The fraction of sp³-hybridized carbons (Fsp3) is 0.875. The van der Waals surface area contributed by atoms with Gasteiger partial charge in [0.15, 0.2) is 5.96 Å². The molecule has 1 aliphatic heterocycles. The Hall–Kier alpha value is -0.180. The van der Waals surface area contributed by atoms with E-state index in [1.165, 1.54) is 0 Å². The maximum Gasteiger partial charge on any atom is 0.222 e. The molecule has 0 aromatic heterocycles. The monoisotopic (exact) mass is 456 g/mol. The SMILES string of the molecule is CCC(CCNC(=NC)NCC(C)(C)SC)N1CCCC1=O.I. The van der Waals surface area contributed by atoms with Gasteiger partial charge in [0.1, 0.15) is 0 Å².